The summed E-state index contributed by atoms with van der Waals surface area (Å²) in [7, 11) is 0. The predicted molar refractivity (Wildman–Crippen MR) is 169 cm³/mol. The first-order valence-corrected chi connectivity index (χ1v) is 15.1. The molecular weight excluding hydrogens is 508 g/mol. The highest BCUT2D eigenvalue weighted by atomic mass is 16.1. The van der Waals surface area contributed by atoms with Crippen LogP contribution < -0.4 is 0 Å². The zero-order valence-corrected chi connectivity index (χ0v) is 23.5. The van der Waals surface area contributed by atoms with Gasteiger partial charge in [0, 0.05) is 17.8 Å². The van der Waals surface area contributed by atoms with E-state index < -0.39 is 0 Å². The summed E-state index contributed by atoms with van der Waals surface area (Å²) in [5, 5.41) is 0. The summed E-state index contributed by atoms with van der Waals surface area (Å²) < 4.78 is 0. The van der Waals surface area contributed by atoms with Crippen LogP contribution in [0.25, 0.3) is 5.57 Å². The molecule has 0 heterocycles. The van der Waals surface area contributed by atoms with Crippen molar-refractivity contribution in [3.8, 4) is 0 Å². The summed E-state index contributed by atoms with van der Waals surface area (Å²) in [6, 6.07) is 45.9. The van der Waals surface area contributed by atoms with Gasteiger partial charge in [0.2, 0.25) is 0 Å². The average Bonchev–Trinajstić information content (AvgIpc) is 3.38. The fourth-order valence-corrected chi connectivity index (χ4v) is 8.67. The molecule has 5 aromatic carbocycles. The third kappa shape index (κ3) is 3.17. The Bertz CT molecular complexity index is 1960. The van der Waals surface area contributed by atoms with E-state index in [-0.39, 0.29) is 29.6 Å². The molecule has 1 saturated carbocycles. The highest BCUT2D eigenvalue weighted by Crippen LogP contribution is 2.67. The van der Waals surface area contributed by atoms with Gasteiger partial charge in [0.05, 0.1) is 11.8 Å². The van der Waals surface area contributed by atoms with Crippen LogP contribution in [0.15, 0.2) is 145 Å². The molecule has 0 aromatic heterocycles. The zero-order chi connectivity index (χ0) is 27.9. The van der Waals surface area contributed by atoms with Crippen LogP contribution in [0.3, 0.4) is 0 Å². The van der Waals surface area contributed by atoms with Crippen LogP contribution in [0.4, 0.5) is 0 Å². The van der Waals surface area contributed by atoms with Crippen molar-refractivity contribution in [1.29, 1.82) is 0 Å². The lowest BCUT2D eigenvalue weighted by Crippen LogP contribution is -2.37. The zero-order valence-electron chi connectivity index (χ0n) is 23.5. The second-order valence-corrected chi connectivity index (χ2v) is 12.3. The highest BCUT2D eigenvalue weighted by Gasteiger charge is 2.55. The van der Waals surface area contributed by atoms with E-state index in [2.05, 4.69) is 134 Å². The van der Waals surface area contributed by atoms with Crippen molar-refractivity contribution in [1.82, 2.24) is 0 Å². The van der Waals surface area contributed by atoms with Crippen molar-refractivity contribution >= 4 is 11.4 Å². The van der Waals surface area contributed by atoms with Crippen molar-refractivity contribution in [2.75, 3.05) is 0 Å². The largest absolute Gasteiger partial charge is 0.298 e. The number of ketones is 1. The second-order valence-electron chi connectivity index (χ2n) is 12.3. The molecule has 42 heavy (non-hydrogen) atoms. The standard InChI is InChI=1S/C41H30O/c1-24-21-31-30(25-13-5-2-6-14-25)23-33-35(27-17-9-4-10-18-27)41(42)39-29-20-12-11-19-28(29)37-34(26-15-7-3-8-16-26)32(22-24)36(31)38(33)40(37)39/h2-23,30,34-35,38-39H,1H3. The topological polar surface area (TPSA) is 17.1 Å². The van der Waals surface area contributed by atoms with E-state index in [9.17, 15) is 4.79 Å². The molecule has 0 bridgehead atoms. The first kappa shape index (κ1) is 23.9. The molecule has 9 rings (SSSR count). The molecule has 1 nitrogen and oxygen atoms in total. The minimum atomic E-state index is -0.265. The van der Waals surface area contributed by atoms with Gasteiger partial charge in [-0.2, -0.15) is 0 Å². The van der Waals surface area contributed by atoms with Crippen LogP contribution in [-0.4, -0.2) is 5.78 Å². The van der Waals surface area contributed by atoms with Gasteiger partial charge < -0.3 is 0 Å². The molecular formula is C41H30O. The molecule has 1 heteroatoms. The number of carbonyl (C=O) groups is 1. The third-order valence-electron chi connectivity index (χ3n) is 10.1. The monoisotopic (exact) mass is 538 g/mol. The number of fused-ring (bicyclic) bond motifs is 3. The summed E-state index contributed by atoms with van der Waals surface area (Å²) in [6.07, 6.45) is 2.47. The fourth-order valence-electron chi connectivity index (χ4n) is 8.67. The number of hydrogen-bond acceptors (Lipinski definition) is 1. The molecule has 0 radical (unpaired) electrons. The fraction of sp³-hybridized carbons (Fsp3) is 0.146. The van der Waals surface area contributed by atoms with Crippen molar-refractivity contribution in [3.63, 3.8) is 0 Å². The van der Waals surface area contributed by atoms with Gasteiger partial charge >= 0.3 is 0 Å². The SMILES string of the molecule is Cc1cc2c3c(c1)C(c1ccccc1)C1=C4C(C(=O)C(c5ccccc5)C(=CC2c2ccccc2)C43)c2ccccc21. The van der Waals surface area contributed by atoms with E-state index in [1.807, 2.05) is 6.07 Å². The summed E-state index contributed by atoms with van der Waals surface area (Å²) >= 11 is 0. The minimum absolute atomic E-state index is 0.0918. The van der Waals surface area contributed by atoms with Gasteiger partial charge in [0.25, 0.3) is 0 Å². The molecule has 0 N–H and O–H groups in total. The van der Waals surface area contributed by atoms with Gasteiger partial charge in [-0.25, -0.2) is 0 Å². The Morgan fingerprint density at radius 1 is 0.524 bits per heavy atom. The van der Waals surface area contributed by atoms with Gasteiger partial charge in [-0.1, -0.05) is 139 Å². The van der Waals surface area contributed by atoms with Crippen molar-refractivity contribution in [3.05, 3.63) is 195 Å². The van der Waals surface area contributed by atoms with E-state index in [1.54, 1.807) is 0 Å². The van der Waals surface area contributed by atoms with Crippen LogP contribution in [0.2, 0.25) is 0 Å². The van der Waals surface area contributed by atoms with Crippen LogP contribution in [0.1, 0.15) is 79.7 Å². The number of rotatable bonds is 3. The molecule has 200 valence electrons. The van der Waals surface area contributed by atoms with Gasteiger partial charge in [0.1, 0.15) is 0 Å². The highest BCUT2D eigenvalue weighted by molar-refractivity contribution is 6.07. The van der Waals surface area contributed by atoms with E-state index in [0.717, 1.165) is 5.56 Å². The van der Waals surface area contributed by atoms with Gasteiger partial charge in [-0.15, -0.1) is 0 Å². The molecule has 0 saturated heterocycles. The van der Waals surface area contributed by atoms with E-state index >= 15 is 0 Å². The lowest BCUT2D eigenvalue weighted by atomic mass is 9.55. The van der Waals surface area contributed by atoms with Crippen LogP contribution in [0, 0.1) is 6.92 Å². The lowest BCUT2D eigenvalue weighted by molar-refractivity contribution is -0.121. The Kier molecular flexibility index (Phi) is 5.05. The van der Waals surface area contributed by atoms with Gasteiger partial charge in [0.15, 0.2) is 5.78 Å². The van der Waals surface area contributed by atoms with Crippen molar-refractivity contribution in [2.45, 2.75) is 36.5 Å². The first-order chi connectivity index (χ1) is 20.7. The average molecular weight is 539 g/mol. The smallest absolute Gasteiger partial charge is 0.155 e. The summed E-state index contributed by atoms with van der Waals surface area (Å²) in [6.45, 7) is 2.24. The Balaban J connectivity index is 1.42. The molecule has 5 aromatic rings. The van der Waals surface area contributed by atoms with Gasteiger partial charge in [-0.05, 0) is 68.2 Å². The number of Topliss-reactive ketones (excluding diaryl/α,β-unsaturated/α-hetero) is 1. The van der Waals surface area contributed by atoms with Crippen LogP contribution >= 0.6 is 0 Å². The van der Waals surface area contributed by atoms with Crippen molar-refractivity contribution in [2.24, 2.45) is 0 Å². The Hall–Kier alpha value is -4.75. The maximum Gasteiger partial charge on any atom is 0.155 e. The molecule has 4 aliphatic rings. The maximum atomic E-state index is 15.0. The molecule has 5 unspecified atom stereocenters. The molecule has 5 atom stereocenters. The molecule has 0 spiro atoms. The summed E-state index contributed by atoms with van der Waals surface area (Å²) in [4.78, 5) is 15.0. The van der Waals surface area contributed by atoms with Crippen LogP contribution in [0.5, 0.6) is 0 Å². The molecule has 0 amide bonds. The van der Waals surface area contributed by atoms with Crippen molar-refractivity contribution < 1.29 is 4.79 Å². The minimum Gasteiger partial charge on any atom is -0.298 e. The third-order valence-corrected chi connectivity index (χ3v) is 10.1. The number of hydrogen-bond donors (Lipinski definition) is 0. The first-order valence-electron chi connectivity index (χ1n) is 15.1. The molecule has 1 fully saturated rings. The number of benzene rings is 5. The summed E-state index contributed by atoms with van der Waals surface area (Å²) in [5.41, 5.74) is 15.6. The Morgan fingerprint density at radius 3 is 1.79 bits per heavy atom. The van der Waals surface area contributed by atoms with E-state index in [0.29, 0.717) is 5.78 Å². The summed E-state index contributed by atoms with van der Waals surface area (Å²) in [5.74, 6) is 0.132. The lowest BCUT2D eigenvalue weighted by Gasteiger charge is -2.47. The molecule has 0 aliphatic heterocycles. The molecule has 4 aliphatic carbocycles. The maximum absolute atomic E-state index is 15.0. The quantitative estimate of drug-likeness (QED) is 0.209. The van der Waals surface area contributed by atoms with Crippen LogP contribution in [-0.2, 0) is 4.79 Å². The Morgan fingerprint density at radius 2 is 1.10 bits per heavy atom. The van der Waals surface area contributed by atoms with Gasteiger partial charge in [-0.3, -0.25) is 4.79 Å². The van der Waals surface area contributed by atoms with E-state index in [4.69, 9.17) is 0 Å². The second kappa shape index (κ2) is 8.87. The number of carbonyl (C=O) groups excluding carboxylic acids is 1. The number of allylic oxidation sites excluding steroid dienone is 4. The number of aryl methyl sites for hydroxylation is 1. The van der Waals surface area contributed by atoms with E-state index in [1.165, 1.54) is 61.2 Å². The normalized spacial score (nSPS) is 24.6. The Labute approximate surface area is 246 Å². The predicted octanol–water partition coefficient (Wildman–Crippen LogP) is 9.21.